The van der Waals surface area contributed by atoms with Gasteiger partial charge < -0.3 is 9.15 Å². The van der Waals surface area contributed by atoms with E-state index in [0.29, 0.717) is 28.5 Å². The summed E-state index contributed by atoms with van der Waals surface area (Å²) in [5.74, 6) is -0.451. The van der Waals surface area contributed by atoms with Crippen LogP contribution >= 0.6 is 11.6 Å². The fraction of sp³-hybridized carbons (Fsp3) is 0.167. The zero-order valence-electron chi connectivity index (χ0n) is 17.6. The molecule has 1 aliphatic rings. The molecule has 2 aromatic heterocycles. The van der Waals surface area contributed by atoms with Gasteiger partial charge in [0.1, 0.15) is 11.8 Å². The van der Waals surface area contributed by atoms with Crippen molar-refractivity contribution in [1.29, 1.82) is 0 Å². The molecule has 0 bridgehead atoms. The molecule has 1 amide bonds. The summed E-state index contributed by atoms with van der Waals surface area (Å²) < 4.78 is 11.0. The predicted molar refractivity (Wildman–Crippen MR) is 122 cm³/mol. The van der Waals surface area contributed by atoms with Crippen LogP contribution in [0.2, 0.25) is 5.02 Å². The Morgan fingerprint density at radius 2 is 2.03 bits per heavy atom. The first-order valence-corrected chi connectivity index (χ1v) is 10.7. The molecule has 9 heteroatoms. The smallest absolute Gasteiger partial charge is 0.338 e. The van der Waals surface area contributed by atoms with Crippen LogP contribution in [-0.2, 0) is 9.53 Å². The Kier molecular flexibility index (Phi) is 5.43. The molecule has 3 heterocycles. The van der Waals surface area contributed by atoms with Crippen LogP contribution in [0.1, 0.15) is 41.1 Å². The number of halogens is 1. The highest BCUT2D eigenvalue weighted by atomic mass is 35.5. The quantitative estimate of drug-likeness (QED) is 0.432. The highest BCUT2D eigenvalue weighted by Crippen LogP contribution is 2.34. The lowest BCUT2D eigenvalue weighted by molar-refractivity contribution is -0.142. The third-order valence-corrected chi connectivity index (χ3v) is 5.74. The van der Waals surface area contributed by atoms with Crippen LogP contribution in [-0.4, -0.2) is 38.9 Å². The number of H-pyrrole nitrogens is 1. The van der Waals surface area contributed by atoms with Crippen LogP contribution in [0, 0.1) is 0 Å². The van der Waals surface area contributed by atoms with Crippen LogP contribution in [0.25, 0.3) is 10.9 Å². The molecule has 166 valence electrons. The van der Waals surface area contributed by atoms with Gasteiger partial charge in [0.25, 0.3) is 5.91 Å². The second-order valence-corrected chi connectivity index (χ2v) is 8.13. The number of esters is 1. The van der Waals surface area contributed by atoms with Crippen molar-refractivity contribution in [3.63, 3.8) is 0 Å². The summed E-state index contributed by atoms with van der Waals surface area (Å²) in [6.45, 7) is 1.53. The second kappa shape index (κ2) is 8.55. The van der Waals surface area contributed by atoms with E-state index in [1.165, 1.54) is 11.9 Å². The van der Waals surface area contributed by atoms with Crippen LogP contribution in [0.15, 0.2) is 76.6 Å². The molecule has 1 aliphatic heterocycles. The molecule has 2 aromatic carbocycles. The molecular formula is C24H19ClN4O4. The Balaban J connectivity index is 1.37. The number of aromatic amines is 1. The van der Waals surface area contributed by atoms with E-state index in [-0.39, 0.29) is 0 Å². The number of benzene rings is 2. The number of carbonyl (C=O) groups is 2. The topological polar surface area (TPSA) is 101 Å². The number of amides is 1. The minimum absolute atomic E-state index is 0.331. The van der Waals surface area contributed by atoms with Gasteiger partial charge in [0.15, 0.2) is 6.10 Å². The number of fused-ring (bicyclic) bond motifs is 1. The lowest BCUT2D eigenvalue weighted by Crippen LogP contribution is -2.37. The van der Waals surface area contributed by atoms with Gasteiger partial charge in [-0.05, 0) is 55.0 Å². The number of furan rings is 1. The summed E-state index contributed by atoms with van der Waals surface area (Å²) in [4.78, 5) is 26.0. The first kappa shape index (κ1) is 21.0. The molecule has 2 atom stereocenters. The predicted octanol–water partition coefficient (Wildman–Crippen LogP) is 4.73. The standard InChI is InChI=1S/C24H19ClN4O4/c1-14(33-24(31)16-6-9-19-17(11-16)13-26-27-19)23(30)29-21(22-3-2-10-32-22)12-20(28-29)15-4-7-18(25)8-5-15/h2-11,13-14,21H,12H2,1H3,(H,26,27)/t14-,21-/m1/s1. The Morgan fingerprint density at radius 3 is 2.79 bits per heavy atom. The number of nitrogens with one attached hydrogen (secondary N) is 1. The first-order chi connectivity index (χ1) is 16.0. The largest absolute Gasteiger partial charge is 0.467 e. The fourth-order valence-electron chi connectivity index (χ4n) is 3.77. The highest BCUT2D eigenvalue weighted by Gasteiger charge is 2.38. The number of hydrazone groups is 1. The van der Waals surface area contributed by atoms with Crippen molar-refractivity contribution < 1.29 is 18.7 Å². The SMILES string of the molecule is C[C@@H](OC(=O)c1ccc2[nH]ncc2c1)C(=O)N1N=C(c2ccc(Cl)cc2)C[C@@H]1c1ccco1. The zero-order chi connectivity index (χ0) is 22.9. The lowest BCUT2D eigenvalue weighted by atomic mass is 10.0. The van der Waals surface area contributed by atoms with E-state index in [1.807, 2.05) is 12.1 Å². The van der Waals surface area contributed by atoms with Crippen molar-refractivity contribution in [3.8, 4) is 0 Å². The van der Waals surface area contributed by atoms with Gasteiger partial charge in [0, 0.05) is 16.8 Å². The summed E-state index contributed by atoms with van der Waals surface area (Å²) in [6.07, 6.45) is 2.57. The number of aromatic nitrogens is 2. The molecule has 0 aliphatic carbocycles. The summed E-state index contributed by atoms with van der Waals surface area (Å²) in [7, 11) is 0. The molecule has 5 rings (SSSR count). The Labute approximate surface area is 193 Å². The van der Waals surface area contributed by atoms with Crippen LogP contribution in [0.3, 0.4) is 0 Å². The molecular weight excluding hydrogens is 444 g/mol. The van der Waals surface area contributed by atoms with E-state index < -0.39 is 24.0 Å². The van der Waals surface area contributed by atoms with E-state index in [0.717, 1.165) is 16.5 Å². The normalized spacial score (nSPS) is 16.6. The van der Waals surface area contributed by atoms with Crippen molar-refractivity contribution in [2.45, 2.75) is 25.5 Å². The number of hydrogen-bond donors (Lipinski definition) is 1. The number of hydrogen-bond acceptors (Lipinski definition) is 6. The molecule has 0 fully saturated rings. The lowest BCUT2D eigenvalue weighted by Gasteiger charge is -2.23. The Bertz CT molecular complexity index is 1340. The van der Waals surface area contributed by atoms with Gasteiger partial charge in [0.05, 0.1) is 29.3 Å². The molecule has 0 unspecified atom stereocenters. The summed E-state index contributed by atoms with van der Waals surface area (Å²) in [5.41, 5.74) is 2.70. The highest BCUT2D eigenvalue weighted by molar-refractivity contribution is 6.30. The average molecular weight is 463 g/mol. The van der Waals surface area contributed by atoms with Crippen LogP contribution < -0.4 is 0 Å². The van der Waals surface area contributed by atoms with E-state index in [4.69, 9.17) is 20.8 Å². The van der Waals surface area contributed by atoms with Crippen molar-refractivity contribution in [2.24, 2.45) is 5.10 Å². The molecule has 0 saturated heterocycles. The number of ether oxygens (including phenoxy) is 1. The maximum Gasteiger partial charge on any atom is 0.338 e. The van der Waals surface area contributed by atoms with Crippen LogP contribution in [0.4, 0.5) is 0 Å². The maximum absolute atomic E-state index is 13.3. The van der Waals surface area contributed by atoms with Gasteiger partial charge in [0.2, 0.25) is 0 Å². The zero-order valence-corrected chi connectivity index (χ0v) is 18.3. The third kappa shape index (κ3) is 4.12. The van der Waals surface area contributed by atoms with Crippen molar-refractivity contribution in [2.75, 3.05) is 0 Å². The second-order valence-electron chi connectivity index (χ2n) is 7.69. The summed E-state index contributed by atoms with van der Waals surface area (Å²) >= 11 is 6.00. The van der Waals surface area contributed by atoms with Crippen molar-refractivity contribution in [1.82, 2.24) is 15.2 Å². The first-order valence-electron chi connectivity index (χ1n) is 10.3. The van der Waals surface area contributed by atoms with E-state index >= 15 is 0 Å². The Hall–Kier alpha value is -3.91. The van der Waals surface area contributed by atoms with E-state index in [2.05, 4.69) is 15.3 Å². The molecule has 33 heavy (non-hydrogen) atoms. The fourth-order valence-corrected chi connectivity index (χ4v) is 3.89. The monoisotopic (exact) mass is 462 g/mol. The van der Waals surface area contributed by atoms with Crippen LogP contribution in [0.5, 0.6) is 0 Å². The molecule has 4 aromatic rings. The van der Waals surface area contributed by atoms with Crippen molar-refractivity contribution in [3.05, 3.63) is 89.0 Å². The molecule has 1 N–H and O–H groups in total. The van der Waals surface area contributed by atoms with Gasteiger partial charge in [-0.15, -0.1) is 0 Å². The summed E-state index contributed by atoms with van der Waals surface area (Å²) in [5, 5.41) is 14.0. The molecule has 0 saturated carbocycles. The number of rotatable bonds is 5. The minimum atomic E-state index is -1.05. The summed E-state index contributed by atoms with van der Waals surface area (Å²) in [6, 6.07) is 15.4. The molecule has 8 nitrogen and oxygen atoms in total. The molecule has 0 radical (unpaired) electrons. The minimum Gasteiger partial charge on any atom is -0.467 e. The van der Waals surface area contributed by atoms with E-state index in [9.17, 15) is 9.59 Å². The van der Waals surface area contributed by atoms with Crippen molar-refractivity contribution >= 4 is 40.1 Å². The van der Waals surface area contributed by atoms with E-state index in [1.54, 1.807) is 54.9 Å². The number of carbonyl (C=O) groups excluding carboxylic acids is 2. The van der Waals surface area contributed by atoms with Gasteiger partial charge in [-0.1, -0.05) is 23.7 Å². The van der Waals surface area contributed by atoms with Gasteiger partial charge >= 0.3 is 5.97 Å². The van der Waals surface area contributed by atoms with Gasteiger partial charge in [-0.25, -0.2) is 9.80 Å². The molecule has 0 spiro atoms. The van der Waals surface area contributed by atoms with Gasteiger partial charge in [-0.2, -0.15) is 10.2 Å². The number of nitrogens with zero attached hydrogens (tertiary/aromatic N) is 3. The Morgan fingerprint density at radius 1 is 1.21 bits per heavy atom. The van der Waals surface area contributed by atoms with Gasteiger partial charge in [-0.3, -0.25) is 9.89 Å². The third-order valence-electron chi connectivity index (χ3n) is 5.49. The average Bonchev–Trinajstić information content (AvgIpc) is 3.58. The maximum atomic E-state index is 13.3.